The summed E-state index contributed by atoms with van der Waals surface area (Å²) in [5.41, 5.74) is 2.00. The van der Waals surface area contributed by atoms with Gasteiger partial charge in [0.15, 0.2) is 5.96 Å². The second kappa shape index (κ2) is 9.11. The molecule has 1 aliphatic carbocycles. The lowest BCUT2D eigenvalue weighted by molar-refractivity contribution is 0.556. The summed E-state index contributed by atoms with van der Waals surface area (Å²) in [6.07, 6.45) is 3.11. The molecule has 1 saturated heterocycles. The number of benzene rings is 2. The molecule has 6 heteroatoms. The smallest absolute Gasteiger partial charge is 0.191 e. The molecule has 0 bridgehead atoms. The van der Waals surface area contributed by atoms with Crippen LogP contribution in [0.3, 0.4) is 0 Å². The molecule has 28 heavy (non-hydrogen) atoms. The number of hydrogen-bond donors (Lipinski definition) is 2. The maximum Gasteiger partial charge on any atom is 0.191 e. The Hall–Kier alpha value is -1.83. The van der Waals surface area contributed by atoms with E-state index in [9.17, 15) is 4.39 Å². The molecule has 1 aliphatic heterocycles. The fraction of sp³-hybridized carbons (Fsp3) is 0.409. The second-order valence-corrected chi connectivity index (χ2v) is 7.60. The topological polar surface area (TPSA) is 39.7 Å². The molecule has 1 unspecified atom stereocenters. The first-order chi connectivity index (χ1) is 13.2. The molecule has 150 valence electrons. The minimum absolute atomic E-state index is 0. The van der Waals surface area contributed by atoms with Crippen LogP contribution in [0.2, 0.25) is 0 Å². The molecule has 2 aromatic carbocycles. The zero-order valence-corrected chi connectivity index (χ0v) is 18.5. The average Bonchev–Trinajstić information content (AvgIpc) is 3.35. The molecule has 0 aromatic heterocycles. The van der Waals surface area contributed by atoms with E-state index in [4.69, 9.17) is 0 Å². The van der Waals surface area contributed by atoms with E-state index in [1.54, 1.807) is 19.2 Å². The first-order valence-corrected chi connectivity index (χ1v) is 9.72. The Morgan fingerprint density at radius 1 is 1.14 bits per heavy atom. The summed E-state index contributed by atoms with van der Waals surface area (Å²) >= 11 is 0. The molecule has 1 saturated carbocycles. The standard InChI is InChI=1S/C22H27FN4.HI/c1-24-21(25-16-22(12-13-22)19-9-5-6-10-20(19)23)26-17-11-14-27(15-17)18-7-3-2-4-8-18;/h2-10,17H,11-16H2,1H3,(H2,24,25,26);1H. The fourth-order valence-corrected chi connectivity index (χ4v) is 3.98. The molecule has 1 heterocycles. The van der Waals surface area contributed by atoms with Crippen LogP contribution in [0.25, 0.3) is 0 Å². The van der Waals surface area contributed by atoms with Crippen molar-refractivity contribution in [3.8, 4) is 0 Å². The van der Waals surface area contributed by atoms with Crippen molar-refractivity contribution in [2.45, 2.75) is 30.7 Å². The molecule has 0 radical (unpaired) electrons. The highest BCUT2D eigenvalue weighted by Gasteiger charge is 2.45. The molecule has 1 atom stereocenters. The Kier molecular flexibility index (Phi) is 6.80. The first-order valence-electron chi connectivity index (χ1n) is 9.72. The lowest BCUT2D eigenvalue weighted by atomic mass is 9.95. The number of nitrogens with one attached hydrogen (secondary N) is 2. The Labute approximate surface area is 183 Å². The first kappa shape index (κ1) is 20.9. The summed E-state index contributed by atoms with van der Waals surface area (Å²) in [5.74, 6) is 0.701. The molecule has 4 nitrogen and oxygen atoms in total. The molecule has 4 rings (SSSR count). The Morgan fingerprint density at radius 2 is 1.86 bits per heavy atom. The molecule has 2 aliphatic rings. The van der Waals surface area contributed by atoms with Crippen molar-refractivity contribution < 1.29 is 4.39 Å². The molecule has 2 fully saturated rings. The number of rotatable bonds is 5. The van der Waals surface area contributed by atoms with Crippen molar-refractivity contribution in [3.63, 3.8) is 0 Å². The van der Waals surface area contributed by atoms with E-state index in [1.807, 2.05) is 18.2 Å². The van der Waals surface area contributed by atoms with Crippen molar-refractivity contribution in [2.24, 2.45) is 4.99 Å². The van der Waals surface area contributed by atoms with Gasteiger partial charge in [-0.2, -0.15) is 0 Å². The molecular formula is C22H28FIN4. The van der Waals surface area contributed by atoms with Gasteiger partial charge in [0.25, 0.3) is 0 Å². The number of halogens is 2. The molecule has 2 N–H and O–H groups in total. The van der Waals surface area contributed by atoms with Crippen LogP contribution in [0.1, 0.15) is 24.8 Å². The van der Waals surface area contributed by atoms with E-state index in [1.165, 1.54) is 5.69 Å². The van der Waals surface area contributed by atoms with E-state index in [0.29, 0.717) is 12.6 Å². The van der Waals surface area contributed by atoms with Crippen LogP contribution in [-0.4, -0.2) is 38.7 Å². The van der Waals surface area contributed by atoms with Gasteiger partial charge in [-0.25, -0.2) is 4.39 Å². The highest BCUT2D eigenvalue weighted by atomic mass is 127. The third kappa shape index (κ3) is 4.59. The number of anilines is 1. The summed E-state index contributed by atoms with van der Waals surface area (Å²) in [6, 6.07) is 18.0. The Morgan fingerprint density at radius 3 is 2.54 bits per heavy atom. The van der Waals surface area contributed by atoms with Crippen LogP contribution in [-0.2, 0) is 5.41 Å². The summed E-state index contributed by atoms with van der Waals surface area (Å²) in [6.45, 7) is 2.71. The van der Waals surface area contributed by atoms with Gasteiger partial charge < -0.3 is 15.5 Å². The molecule has 0 spiro atoms. The van der Waals surface area contributed by atoms with Gasteiger partial charge in [0.2, 0.25) is 0 Å². The van der Waals surface area contributed by atoms with Gasteiger partial charge in [-0.15, -0.1) is 24.0 Å². The van der Waals surface area contributed by atoms with Crippen molar-refractivity contribution >= 4 is 35.6 Å². The second-order valence-electron chi connectivity index (χ2n) is 7.60. The largest absolute Gasteiger partial charge is 0.369 e. The van der Waals surface area contributed by atoms with Gasteiger partial charge in [0.1, 0.15) is 5.82 Å². The normalized spacial score (nSPS) is 20.4. The van der Waals surface area contributed by atoms with Crippen molar-refractivity contribution in [3.05, 3.63) is 66.0 Å². The number of nitrogens with zero attached hydrogens (tertiary/aromatic N) is 2. The minimum atomic E-state index is -0.103. The maximum absolute atomic E-state index is 14.2. The average molecular weight is 494 g/mol. The van der Waals surface area contributed by atoms with Crippen molar-refractivity contribution in [1.29, 1.82) is 0 Å². The quantitative estimate of drug-likeness (QED) is 0.376. The van der Waals surface area contributed by atoms with E-state index in [-0.39, 0.29) is 35.2 Å². The van der Waals surface area contributed by atoms with Crippen LogP contribution in [0.5, 0.6) is 0 Å². The predicted octanol–water partition coefficient (Wildman–Crippen LogP) is 3.92. The van der Waals surface area contributed by atoms with Crippen molar-refractivity contribution in [1.82, 2.24) is 10.6 Å². The third-order valence-electron chi connectivity index (χ3n) is 5.77. The van der Waals surface area contributed by atoms with Gasteiger partial charge in [-0.1, -0.05) is 36.4 Å². The number of aliphatic imine (C=N–C) groups is 1. The number of guanidine groups is 1. The van der Waals surface area contributed by atoms with Crippen LogP contribution < -0.4 is 15.5 Å². The van der Waals surface area contributed by atoms with Gasteiger partial charge in [0.05, 0.1) is 0 Å². The fourth-order valence-electron chi connectivity index (χ4n) is 3.98. The van der Waals surface area contributed by atoms with Crippen LogP contribution >= 0.6 is 24.0 Å². The monoisotopic (exact) mass is 494 g/mol. The third-order valence-corrected chi connectivity index (χ3v) is 5.77. The predicted molar refractivity (Wildman–Crippen MR) is 124 cm³/mol. The van der Waals surface area contributed by atoms with Crippen LogP contribution in [0.4, 0.5) is 10.1 Å². The Balaban J connectivity index is 0.00000225. The number of hydrogen-bond acceptors (Lipinski definition) is 2. The van der Waals surface area contributed by atoms with Gasteiger partial charge in [0, 0.05) is 43.8 Å². The lowest BCUT2D eigenvalue weighted by Gasteiger charge is -2.22. The van der Waals surface area contributed by atoms with Crippen LogP contribution in [0, 0.1) is 5.82 Å². The van der Waals surface area contributed by atoms with E-state index < -0.39 is 0 Å². The van der Waals surface area contributed by atoms with Gasteiger partial charge in [-0.3, -0.25) is 4.99 Å². The summed E-state index contributed by atoms with van der Waals surface area (Å²) in [5, 5.41) is 6.97. The van der Waals surface area contributed by atoms with Crippen LogP contribution in [0.15, 0.2) is 59.6 Å². The summed E-state index contributed by atoms with van der Waals surface area (Å²) < 4.78 is 14.2. The summed E-state index contributed by atoms with van der Waals surface area (Å²) in [4.78, 5) is 6.77. The van der Waals surface area contributed by atoms with E-state index >= 15 is 0 Å². The van der Waals surface area contributed by atoms with E-state index in [2.05, 4.69) is 44.8 Å². The van der Waals surface area contributed by atoms with E-state index in [0.717, 1.165) is 43.9 Å². The lowest BCUT2D eigenvalue weighted by Crippen LogP contribution is -2.46. The van der Waals surface area contributed by atoms with Gasteiger partial charge >= 0.3 is 0 Å². The van der Waals surface area contributed by atoms with Gasteiger partial charge in [-0.05, 0) is 43.0 Å². The molecule has 0 amide bonds. The maximum atomic E-state index is 14.2. The zero-order chi connectivity index (χ0) is 18.7. The molecular weight excluding hydrogens is 466 g/mol. The highest BCUT2D eigenvalue weighted by molar-refractivity contribution is 14.0. The Bertz CT molecular complexity index is 807. The minimum Gasteiger partial charge on any atom is -0.369 e. The SMILES string of the molecule is CN=C(NCC1(c2ccccc2F)CC1)NC1CCN(c2ccccc2)C1.I. The summed E-state index contributed by atoms with van der Waals surface area (Å²) in [7, 11) is 1.79. The highest BCUT2D eigenvalue weighted by Crippen LogP contribution is 2.48. The zero-order valence-electron chi connectivity index (χ0n) is 16.2. The van der Waals surface area contributed by atoms with Crippen molar-refractivity contribution in [2.75, 3.05) is 31.6 Å². The number of para-hydroxylation sites is 1. The molecule has 2 aromatic rings.